The number of pyridine rings is 1. The number of rotatable bonds is 4. The monoisotopic (exact) mass is 328 g/mol. The Labute approximate surface area is 141 Å². The topological polar surface area (TPSA) is 80.0 Å². The maximum absolute atomic E-state index is 13.0. The van der Waals surface area contributed by atoms with Crippen LogP contribution in [0.15, 0.2) is 10.6 Å². The third-order valence-corrected chi connectivity index (χ3v) is 4.91. The van der Waals surface area contributed by atoms with Crippen molar-refractivity contribution >= 4 is 17.0 Å². The van der Waals surface area contributed by atoms with E-state index in [2.05, 4.69) is 34.6 Å². The van der Waals surface area contributed by atoms with E-state index in [0.29, 0.717) is 17.2 Å². The molecule has 6 heteroatoms. The Morgan fingerprint density at radius 1 is 1.38 bits per heavy atom. The van der Waals surface area contributed by atoms with Crippen LogP contribution in [0.3, 0.4) is 0 Å². The molecule has 2 aromatic rings. The number of nitrogens with zero attached hydrogens (tertiary/aromatic N) is 2. The fraction of sp³-hybridized carbons (Fsp3) is 0.611. The maximum Gasteiger partial charge on any atom is 0.259 e. The number of nitrogens with one attached hydrogen (secondary N) is 2. The van der Waals surface area contributed by atoms with E-state index < -0.39 is 0 Å². The summed E-state index contributed by atoms with van der Waals surface area (Å²) >= 11 is 0. The summed E-state index contributed by atoms with van der Waals surface area (Å²) in [6, 6.07) is 2.13. The molecule has 0 unspecified atom stereocenters. The van der Waals surface area contributed by atoms with Crippen molar-refractivity contribution in [2.75, 3.05) is 13.1 Å². The quantitative estimate of drug-likeness (QED) is 0.902. The molecule has 1 amide bonds. The SMILES string of the molecule is CC(C)c1noc2nc(C3CC3)cc(C(=O)N[C@H]3CCCNC3)c12. The maximum atomic E-state index is 13.0. The Bertz CT molecular complexity index is 758. The van der Waals surface area contributed by atoms with Gasteiger partial charge in [0.15, 0.2) is 0 Å². The van der Waals surface area contributed by atoms with E-state index in [-0.39, 0.29) is 17.9 Å². The molecule has 2 aliphatic rings. The number of aromatic nitrogens is 2. The van der Waals surface area contributed by atoms with Gasteiger partial charge in [0, 0.05) is 24.2 Å². The van der Waals surface area contributed by atoms with Crippen molar-refractivity contribution in [2.45, 2.75) is 57.4 Å². The Morgan fingerprint density at radius 3 is 2.88 bits per heavy atom. The normalized spacial score (nSPS) is 21.4. The summed E-state index contributed by atoms with van der Waals surface area (Å²) < 4.78 is 5.46. The third kappa shape index (κ3) is 2.90. The third-order valence-electron chi connectivity index (χ3n) is 4.91. The first-order valence-corrected chi connectivity index (χ1v) is 8.95. The van der Waals surface area contributed by atoms with Crippen LogP contribution in [0.5, 0.6) is 0 Å². The van der Waals surface area contributed by atoms with Gasteiger partial charge in [-0.05, 0) is 44.2 Å². The van der Waals surface area contributed by atoms with Crippen molar-refractivity contribution in [2.24, 2.45) is 0 Å². The first-order chi connectivity index (χ1) is 11.6. The summed E-state index contributed by atoms with van der Waals surface area (Å²) in [7, 11) is 0. The van der Waals surface area contributed by atoms with Gasteiger partial charge in [-0.25, -0.2) is 4.98 Å². The Kier molecular flexibility index (Phi) is 4.00. The smallest absolute Gasteiger partial charge is 0.259 e. The molecule has 4 rings (SSSR count). The van der Waals surface area contributed by atoms with Crippen molar-refractivity contribution in [3.63, 3.8) is 0 Å². The zero-order valence-corrected chi connectivity index (χ0v) is 14.3. The molecule has 3 heterocycles. The first kappa shape index (κ1) is 15.6. The molecule has 128 valence electrons. The Morgan fingerprint density at radius 2 is 2.21 bits per heavy atom. The van der Waals surface area contributed by atoms with E-state index in [9.17, 15) is 4.79 Å². The van der Waals surface area contributed by atoms with Crippen LogP contribution >= 0.6 is 0 Å². The summed E-state index contributed by atoms with van der Waals surface area (Å²) in [5.74, 6) is 0.607. The summed E-state index contributed by atoms with van der Waals surface area (Å²) in [5.41, 5.74) is 2.93. The number of amides is 1. The van der Waals surface area contributed by atoms with Gasteiger partial charge >= 0.3 is 0 Å². The summed E-state index contributed by atoms with van der Waals surface area (Å²) in [4.78, 5) is 17.6. The zero-order valence-electron chi connectivity index (χ0n) is 14.3. The molecule has 1 atom stereocenters. The van der Waals surface area contributed by atoms with Gasteiger partial charge in [-0.1, -0.05) is 19.0 Å². The van der Waals surface area contributed by atoms with Gasteiger partial charge in [0.05, 0.1) is 16.6 Å². The van der Waals surface area contributed by atoms with Crippen molar-refractivity contribution in [3.05, 3.63) is 23.0 Å². The highest BCUT2D eigenvalue weighted by atomic mass is 16.5. The van der Waals surface area contributed by atoms with Crippen LogP contribution in [0.4, 0.5) is 0 Å². The van der Waals surface area contributed by atoms with E-state index >= 15 is 0 Å². The highest BCUT2D eigenvalue weighted by Gasteiger charge is 2.30. The second-order valence-electron chi connectivity index (χ2n) is 7.29. The summed E-state index contributed by atoms with van der Waals surface area (Å²) in [6.07, 6.45) is 4.38. The number of carbonyl (C=O) groups is 1. The molecule has 1 aliphatic heterocycles. The van der Waals surface area contributed by atoms with Crippen molar-refractivity contribution in [1.82, 2.24) is 20.8 Å². The summed E-state index contributed by atoms with van der Waals surface area (Å²) in [5, 5.41) is 11.5. The van der Waals surface area contributed by atoms with Crippen LogP contribution in [0.2, 0.25) is 0 Å². The average Bonchev–Trinajstić information content (AvgIpc) is 3.33. The number of piperidine rings is 1. The van der Waals surface area contributed by atoms with Crippen LogP contribution in [0.25, 0.3) is 11.1 Å². The van der Waals surface area contributed by atoms with Gasteiger partial charge in [0.25, 0.3) is 11.6 Å². The van der Waals surface area contributed by atoms with E-state index in [1.165, 1.54) is 0 Å². The minimum absolute atomic E-state index is 0.0388. The van der Waals surface area contributed by atoms with Crippen LogP contribution < -0.4 is 10.6 Å². The predicted molar refractivity (Wildman–Crippen MR) is 91.2 cm³/mol. The largest absolute Gasteiger partial charge is 0.348 e. The fourth-order valence-corrected chi connectivity index (χ4v) is 3.39. The number of fused-ring (bicyclic) bond motifs is 1. The number of hydrogen-bond acceptors (Lipinski definition) is 5. The second-order valence-corrected chi connectivity index (χ2v) is 7.29. The molecule has 6 nitrogen and oxygen atoms in total. The second kappa shape index (κ2) is 6.16. The van der Waals surface area contributed by atoms with Crippen molar-refractivity contribution in [1.29, 1.82) is 0 Å². The minimum Gasteiger partial charge on any atom is -0.348 e. The van der Waals surface area contributed by atoms with E-state index in [1.807, 2.05) is 6.07 Å². The van der Waals surface area contributed by atoms with Gasteiger partial charge < -0.3 is 15.2 Å². The lowest BCUT2D eigenvalue weighted by Gasteiger charge is -2.24. The van der Waals surface area contributed by atoms with Gasteiger partial charge in [-0.3, -0.25) is 4.79 Å². The predicted octanol–water partition coefficient (Wildman–Crippen LogP) is 2.71. The number of hydrogen-bond donors (Lipinski definition) is 2. The molecule has 2 N–H and O–H groups in total. The van der Waals surface area contributed by atoms with Gasteiger partial charge in [0.1, 0.15) is 0 Å². The van der Waals surface area contributed by atoms with Gasteiger partial charge in [-0.2, -0.15) is 0 Å². The first-order valence-electron chi connectivity index (χ1n) is 8.95. The molecular formula is C18H24N4O2. The average molecular weight is 328 g/mol. The van der Waals surface area contributed by atoms with Crippen LogP contribution in [-0.2, 0) is 0 Å². The molecule has 0 spiro atoms. The Balaban J connectivity index is 1.73. The molecule has 0 radical (unpaired) electrons. The van der Waals surface area contributed by atoms with Crippen LogP contribution in [-0.4, -0.2) is 35.2 Å². The number of carbonyl (C=O) groups excluding carboxylic acids is 1. The van der Waals surface area contributed by atoms with Gasteiger partial charge in [-0.15, -0.1) is 0 Å². The molecule has 1 saturated carbocycles. The molecular weight excluding hydrogens is 304 g/mol. The lowest BCUT2D eigenvalue weighted by molar-refractivity contribution is 0.0932. The lowest BCUT2D eigenvalue weighted by Crippen LogP contribution is -2.45. The minimum atomic E-state index is -0.0388. The standard InChI is InChI=1S/C18H24N4O2/c1-10(2)16-15-13(17(23)20-12-4-3-7-19-9-12)8-14(11-5-6-11)21-18(15)24-22-16/h8,10-12,19H,3-7,9H2,1-2H3,(H,20,23)/t12-/m0/s1. The Hall–Kier alpha value is -1.95. The van der Waals surface area contributed by atoms with Crippen LogP contribution in [0.1, 0.15) is 73.1 Å². The lowest BCUT2D eigenvalue weighted by atomic mass is 10.0. The van der Waals surface area contributed by atoms with Gasteiger partial charge in [0.2, 0.25) is 0 Å². The molecule has 0 aromatic carbocycles. The van der Waals surface area contributed by atoms with E-state index in [0.717, 1.165) is 55.5 Å². The molecule has 24 heavy (non-hydrogen) atoms. The van der Waals surface area contributed by atoms with Crippen LogP contribution in [0, 0.1) is 0 Å². The molecule has 2 aromatic heterocycles. The van der Waals surface area contributed by atoms with E-state index in [4.69, 9.17) is 4.52 Å². The van der Waals surface area contributed by atoms with Crippen molar-refractivity contribution in [3.8, 4) is 0 Å². The molecule has 0 bridgehead atoms. The highest BCUT2D eigenvalue weighted by molar-refractivity contribution is 6.06. The summed E-state index contributed by atoms with van der Waals surface area (Å²) in [6.45, 7) is 5.97. The highest BCUT2D eigenvalue weighted by Crippen LogP contribution is 2.41. The van der Waals surface area contributed by atoms with E-state index in [1.54, 1.807) is 0 Å². The molecule has 1 aliphatic carbocycles. The zero-order chi connectivity index (χ0) is 16.7. The fourth-order valence-electron chi connectivity index (χ4n) is 3.39. The van der Waals surface area contributed by atoms with Crippen molar-refractivity contribution < 1.29 is 9.32 Å². The molecule has 2 fully saturated rings. The molecule has 1 saturated heterocycles.